The summed E-state index contributed by atoms with van der Waals surface area (Å²) >= 11 is 12.3. The molecule has 35 heavy (non-hydrogen) atoms. The minimum absolute atomic E-state index is 0.0552. The summed E-state index contributed by atoms with van der Waals surface area (Å²) in [5, 5.41) is 3.37. The summed E-state index contributed by atoms with van der Waals surface area (Å²) in [6.45, 7) is 5.42. The molecule has 1 N–H and O–H groups in total. The smallest absolute Gasteiger partial charge is 0.244 e. The summed E-state index contributed by atoms with van der Waals surface area (Å²) in [6.07, 6.45) is 2.63. The molecule has 0 aliphatic rings. The molecular formula is C25H33Cl2N3O4S. The number of benzene rings is 2. The molecule has 0 aromatic heterocycles. The van der Waals surface area contributed by atoms with Crippen molar-refractivity contribution in [3.63, 3.8) is 0 Å². The molecule has 10 heteroatoms. The zero-order valence-corrected chi connectivity index (χ0v) is 22.8. The van der Waals surface area contributed by atoms with Gasteiger partial charge in [-0.25, -0.2) is 8.42 Å². The van der Waals surface area contributed by atoms with Gasteiger partial charge < -0.3 is 10.2 Å². The topological polar surface area (TPSA) is 86.8 Å². The molecule has 2 rings (SSSR count). The van der Waals surface area contributed by atoms with Crippen LogP contribution < -0.4 is 9.62 Å². The fourth-order valence-corrected chi connectivity index (χ4v) is 4.90. The van der Waals surface area contributed by atoms with E-state index in [4.69, 9.17) is 23.2 Å². The Hall–Kier alpha value is -2.29. The molecule has 7 nitrogen and oxygen atoms in total. The van der Waals surface area contributed by atoms with Crippen LogP contribution in [0.3, 0.4) is 0 Å². The third-order valence-electron chi connectivity index (χ3n) is 5.73. The third kappa shape index (κ3) is 8.40. The predicted molar refractivity (Wildman–Crippen MR) is 142 cm³/mol. The van der Waals surface area contributed by atoms with Gasteiger partial charge in [-0.05, 0) is 49.9 Å². The van der Waals surface area contributed by atoms with Crippen molar-refractivity contribution in [1.29, 1.82) is 0 Å². The SMILES string of the molecule is CC[C@H](C)NC(=O)[C@H](CC)N(CCc1ccccc1)C(=O)CN(c1cc(Cl)ccc1Cl)S(C)(=O)=O. The van der Waals surface area contributed by atoms with Crippen molar-refractivity contribution in [2.45, 2.75) is 52.1 Å². The number of halogens is 2. The molecule has 0 unspecified atom stereocenters. The molecule has 0 spiro atoms. The largest absolute Gasteiger partial charge is 0.352 e. The molecule has 0 saturated heterocycles. The van der Waals surface area contributed by atoms with Crippen molar-refractivity contribution in [3.8, 4) is 0 Å². The maximum Gasteiger partial charge on any atom is 0.244 e. The molecule has 2 atom stereocenters. The van der Waals surface area contributed by atoms with Crippen LogP contribution >= 0.6 is 23.2 Å². The molecule has 0 saturated carbocycles. The van der Waals surface area contributed by atoms with Gasteiger partial charge in [-0.2, -0.15) is 0 Å². The van der Waals surface area contributed by atoms with E-state index in [1.165, 1.54) is 23.1 Å². The van der Waals surface area contributed by atoms with Crippen LogP contribution in [-0.4, -0.2) is 56.6 Å². The van der Waals surface area contributed by atoms with Crippen LogP contribution in [0.4, 0.5) is 5.69 Å². The Labute approximate surface area is 218 Å². The number of sulfonamides is 1. The summed E-state index contributed by atoms with van der Waals surface area (Å²) in [7, 11) is -3.89. The lowest BCUT2D eigenvalue weighted by atomic mass is 10.1. The van der Waals surface area contributed by atoms with Crippen molar-refractivity contribution >= 4 is 50.7 Å². The quantitative estimate of drug-likeness (QED) is 0.427. The second kappa shape index (κ2) is 13.1. The van der Waals surface area contributed by atoms with Crippen molar-refractivity contribution in [3.05, 3.63) is 64.1 Å². The van der Waals surface area contributed by atoms with Gasteiger partial charge in [0.2, 0.25) is 21.8 Å². The molecule has 0 aliphatic heterocycles. The van der Waals surface area contributed by atoms with Crippen LogP contribution in [0.5, 0.6) is 0 Å². The van der Waals surface area contributed by atoms with Crippen LogP contribution in [0.25, 0.3) is 0 Å². The maximum absolute atomic E-state index is 13.6. The highest BCUT2D eigenvalue weighted by Crippen LogP contribution is 2.30. The Kier molecular flexibility index (Phi) is 10.9. The van der Waals surface area contributed by atoms with E-state index in [1.54, 1.807) is 0 Å². The van der Waals surface area contributed by atoms with Gasteiger partial charge in [-0.3, -0.25) is 13.9 Å². The van der Waals surface area contributed by atoms with Crippen LogP contribution in [-0.2, 0) is 26.0 Å². The second-order valence-corrected chi connectivity index (χ2v) is 11.2. The average molecular weight is 543 g/mol. The van der Waals surface area contributed by atoms with Crippen molar-refractivity contribution in [1.82, 2.24) is 10.2 Å². The lowest BCUT2D eigenvalue weighted by Crippen LogP contribution is -2.54. The van der Waals surface area contributed by atoms with Crippen molar-refractivity contribution in [2.75, 3.05) is 23.7 Å². The van der Waals surface area contributed by atoms with Gasteiger partial charge in [0.05, 0.1) is 17.0 Å². The van der Waals surface area contributed by atoms with Gasteiger partial charge in [0.15, 0.2) is 0 Å². The first-order valence-corrected chi connectivity index (χ1v) is 14.1. The fraction of sp³-hybridized carbons (Fsp3) is 0.440. The number of nitrogens with zero attached hydrogens (tertiary/aromatic N) is 2. The molecule has 0 radical (unpaired) electrons. The number of hydrogen-bond acceptors (Lipinski definition) is 4. The van der Waals surface area contributed by atoms with Gasteiger partial charge in [-0.1, -0.05) is 67.4 Å². The Morgan fingerprint density at radius 2 is 1.69 bits per heavy atom. The molecular weight excluding hydrogens is 509 g/mol. The number of amides is 2. The number of rotatable bonds is 12. The number of anilines is 1. The van der Waals surface area contributed by atoms with Gasteiger partial charge in [0, 0.05) is 17.6 Å². The van der Waals surface area contributed by atoms with E-state index in [-0.39, 0.29) is 34.2 Å². The monoisotopic (exact) mass is 541 g/mol. The van der Waals surface area contributed by atoms with Crippen molar-refractivity contribution in [2.24, 2.45) is 0 Å². The summed E-state index contributed by atoms with van der Waals surface area (Å²) < 4.78 is 26.3. The Balaban J connectivity index is 2.40. The van der Waals surface area contributed by atoms with E-state index in [0.29, 0.717) is 12.8 Å². The molecule has 0 fully saturated rings. The van der Waals surface area contributed by atoms with E-state index in [9.17, 15) is 18.0 Å². The highest BCUT2D eigenvalue weighted by molar-refractivity contribution is 7.92. The third-order valence-corrected chi connectivity index (χ3v) is 7.41. The molecule has 192 valence electrons. The van der Waals surface area contributed by atoms with Gasteiger partial charge in [0.25, 0.3) is 0 Å². The number of carbonyl (C=O) groups excluding carboxylic acids is 2. The van der Waals surface area contributed by atoms with Crippen LogP contribution in [0.1, 0.15) is 39.2 Å². The molecule has 2 amide bonds. The molecule has 0 bridgehead atoms. The minimum Gasteiger partial charge on any atom is -0.352 e. The first-order valence-electron chi connectivity index (χ1n) is 11.5. The lowest BCUT2D eigenvalue weighted by molar-refractivity contribution is -0.139. The maximum atomic E-state index is 13.6. The van der Waals surface area contributed by atoms with Crippen LogP contribution in [0.2, 0.25) is 10.0 Å². The highest BCUT2D eigenvalue weighted by atomic mass is 35.5. The van der Waals surface area contributed by atoms with Crippen molar-refractivity contribution < 1.29 is 18.0 Å². The van der Waals surface area contributed by atoms with E-state index < -0.39 is 28.5 Å². The van der Waals surface area contributed by atoms with E-state index >= 15 is 0 Å². The second-order valence-electron chi connectivity index (χ2n) is 8.43. The number of hydrogen-bond donors (Lipinski definition) is 1. The van der Waals surface area contributed by atoms with E-state index in [0.717, 1.165) is 22.5 Å². The molecule has 2 aromatic carbocycles. The van der Waals surface area contributed by atoms with E-state index in [1.807, 2.05) is 51.1 Å². The fourth-order valence-electron chi connectivity index (χ4n) is 3.61. The van der Waals surface area contributed by atoms with E-state index in [2.05, 4.69) is 5.32 Å². The van der Waals surface area contributed by atoms with Gasteiger partial charge >= 0.3 is 0 Å². The average Bonchev–Trinajstić information content (AvgIpc) is 2.81. The lowest BCUT2D eigenvalue weighted by Gasteiger charge is -2.33. The van der Waals surface area contributed by atoms with Crippen LogP contribution in [0, 0.1) is 0 Å². The molecule has 0 aliphatic carbocycles. The standard InChI is InChI=1S/C25H33Cl2N3O4S/c1-5-18(3)28-25(32)22(6-2)29(15-14-19-10-8-7-9-11-19)24(31)17-30(35(4,33)34)23-16-20(26)12-13-21(23)27/h7-13,16,18,22H,5-6,14-15,17H2,1-4H3,(H,28,32)/t18-,22-/m0/s1. The first-order chi connectivity index (χ1) is 16.5. The predicted octanol–water partition coefficient (Wildman–Crippen LogP) is 4.52. The number of carbonyl (C=O) groups is 2. The normalized spacial score (nSPS) is 13.1. The Bertz CT molecular complexity index is 1110. The summed E-state index contributed by atoms with van der Waals surface area (Å²) in [5.41, 5.74) is 1.11. The zero-order valence-electron chi connectivity index (χ0n) is 20.5. The van der Waals surface area contributed by atoms with Crippen LogP contribution in [0.15, 0.2) is 48.5 Å². The summed E-state index contributed by atoms with van der Waals surface area (Å²) in [5.74, 6) is -0.775. The summed E-state index contributed by atoms with van der Waals surface area (Å²) in [6, 6.07) is 13.2. The summed E-state index contributed by atoms with van der Waals surface area (Å²) in [4.78, 5) is 28.2. The first kappa shape index (κ1) is 28.9. The van der Waals surface area contributed by atoms with Gasteiger partial charge in [0.1, 0.15) is 12.6 Å². The number of nitrogens with one attached hydrogen (secondary N) is 1. The zero-order chi connectivity index (χ0) is 26.2. The minimum atomic E-state index is -3.89. The highest BCUT2D eigenvalue weighted by Gasteiger charge is 2.32. The Morgan fingerprint density at radius 3 is 2.26 bits per heavy atom. The Morgan fingerprint density at radius 1 is 1.03 bits per heavy atom. The van der Waals surface area contributed by atoms with Gasteiger partial charge in [-0.15, -0.1) is 0 Å². The molecule has 0 heterocycles. The molecule has 2 aromatic rings.